The molecule has 2 saturated heterocycles. The van der Waals surface area contributed by atoms with E-state index in [-0.39, 0.29) is 11.8 Å². The fourth-order valence-corrected chi connectivity index (χ4v) is 4.30. The Morgan fingerprint density at radius 2 is 1.69 bits per heavy atom. The summed E-state index contributed by atoms with van der Waals surface area (Å²) in [5, 5.41) is 1.12. The number of likely N-dealkylation sites (tertiary alicyclic amines) is 2. The lowest BCUT2D eigenvalue weighted by Crippen LogP contribution is -2.43. The number of amides is 2. The zero-order valence-electron chi connectivity index (χ0n) is 15.7. The van der Waals surface area contributed by atoms with Gasteiger partial charge in [0.15, 0.2) is 0 Å². The predicted octanol–water partition coefficient (Wildman–Crippen LogP) is 3.26. The van der Waals surface area contributed by atoms with E-state index < -0.39 is 0 Å². The fourth-order valence-electron chi connectivity index (χ4n) is 4.30. The molecule has 1 N–H and O–H groups in total. The minimum atomic E-state index is 0.0808. The first-order chi connectivity index (χ1) is 12.5. The first-order valence-electron chi connectivity index (χ1n) is 9.71. The number of carbonyl (C=O) groups is 2. The van der Waals surface area contributed by atoms with E-state index in [1.165, 1.54) is 5.56 Å². The number of rotatable bonds is 2. The number of H-pyrrole nitrogens is 1. The standard InChI is InChI=1S/C21H27N3O2/c1-14-15(2)22-19-6-5-17(13-18(14)19)21(26)24-11-7-16(8-12-24)20(25)23-9-3-4-10-23/h5-6,13,16,22H,3-4,7-12H2,1-2H3. The average Bonchev–Trinajstić information content (AvgIpc) is 3.30. The quantitative estimate of drug-likeness (QED) is 0.901. The summed E-state index contributed by atoms with van der Waals surface area (Å²) in [6.45, 7) is 7.30. The molecule has 0 spiro atoms. The molecule has 2 aliphatic heterocycles. The zero-order valence-corrected chi connectivity index (χ0v) is 15.7. The second-order valence-electron chi connectivity index (χ2n) is 7.73. The summed E-state index contributed by atoms with van der Waals surface area (Å²) in [6, 6.07) is 5.89. The molecule has 1 aromatic carbocycles. The van der Waals surface area contributed by atoms with Crippen LogP contribution >= 0.6 is 0 Å². The van der Waals surface area contributed by atoms with Gasteiger partial charge < -0.3 is 14.8 Å². The third-order valence-electron chi connectivity index (χ3n) is 6.10. The maximum atomic E-state index is 12.9. The van der Waals surface area contributed by atoms with E-state index in [1.807, 2.05) is 28.0 Å². The van der Waals surface area contributed by atoms with E-state index in [0.29, 0.717) is 19.0 Å². The summed E-state index contributed by atoms with van der Waals surface area (Å²) in [6.07, 6.45) is 3.82. The van der Waals surface area contributed by atoms with Gasteiger partial charge in [-0.1, -0.05) is 0 Å². The molecular formula is C21H27N3O2. The monoisotopic (exact) mass is 353 g/mol. The number of benzene rings is 1. The number of aromatic nitrogens is 1. The van der Waals surface area contributed by atoms with Gasteiger partial charge in [-0.05, 0) is 63.3 Å². The maximum absolute atomic E-state index is 12.9. The lowest BCUT2D eigenvalue weighted by atomic mass is 9.94. The van der Waals surface area contributed by atoms with Gasteiger partial charge >= 0.3 is 0 Å². The topological polar surface area (TPSA) is 56.4 Å². The number of hydrogen-bond acceptors (Lipinski definition) is 2. The smallest absolute Gasteiger partial charge is 0.253 e. The average molecular weight is 353 g/mol. The van der Waals surface area contributed by atoms with Crippen molar-refractivity contribution in [3.8, 4) is 0 Å². The van der Waals surface area contributed by atoms with Crippen LogP contribution < -0.4 is 0 Å². The number of aromatic amines is 1. The minimum absolute atomic E-state index is 0.0808. The Morgan fingerprint density at radius 3 is 2.38 bits per heavy atom. The first kappa shape index (κ1) is 17.1. The molecule has 0 radical (unpaired) electrons. The van der Waals surface area contributed by atoms with Crippen LogP contribution in [0.15, 0.2) is 18.2 Å². The molecule has 0 atom stereocenters. The van der Waals surface area contributed by atoms with Crippen molar-refractivity contribution in [2.45, 2.75) is 39.5 Å². The molecule has 2 aromatic rings. The van der Waals surface area contributed by atoms with Gasteiger partial charge in [0, 0.05) is 54.3 Å². The molecule has 0 aliphatic carbocycles. The Bertz CT molecular complexity index is 840. The summed E-state index contributed by atoms with van der Waals surface area (Å²) in [5.41, 5.74) is 4.16. The van der Waals surface area contributed by atoms with Gasteiger partial charge in [0.2, 0.25) is 5.91 Å². The van der Waals surface area contributed by atoms with E-state index in [0.717, 1.165) is 60.9 Å². The largest absolute Gasteiger partial charge is 0.358 e. The molecule has 2 amide bonds. The second-order valence-corrected chi connectivity index (χ2v) is 7.73. The molecular weight excluding hydrogens is 326 g/mol. The van der Waals surface area contributed by atoms with Crippen molar-refractivity contribution in [1.29, 1.82) is 0 Å². The molecule has 138 valence electrons. The number of hydrogen-bond donors (Lipinski definition) is 1. The van der Waals surface area contributed by atoms with Crippen molar-refractivity contribution in [3.05, 3.63) is 35.0 Å². The van der Waals surface area contributed by atoms with E-state index in [4.69, 9.17) is 0 Å². The Kier molecular flexibility index (Phi) is 4.47. The van der Waals surface area contributed by atoms with E-state index >= 15 is 0 Å². The normalized spacial score (nSPS) is 18.7. The van der Waals surface area contributed by atoms with Gasteiger partial charge in [-0.2, -0.15) is 0 Å². The van der Waals surface area contributed by atoms with Crippen molar-refractivity contribution < 1.29 is 9.59 Å². The Hall–Kier alpha value is -2.30. The zero-order chi connectivity index (χ0) is 18.3. The van der Waals surface area contributed by atoms with Crippen LogP contribution in [0.1, 0.15) is 47.3 Å². The van der Waals surface area contributed by atoms with E-state index in [1.54, 1.807) is 0 Å². The highest BCUT2D eigenvalue weighted by Crippen LogP contribution is 2.26. The lowest BCUT2D eigenvalue weighted by Gasteiger charge is -2.33. The first-order valence-corrected chi connectivity index (χ1v) is 9.71. The van der Waals surface area contributed by atoms with Crippen LogP contribution in [0.2, 0.25) is 0 Å². The molecule has 0 bridgehead atoms. The minimum Gasteiger partial charge on any atom is -0.358 e. The van der Waals surface area contributed by atoms with Crippen molar-refractivity contribution in [2.24, 2.45) is 5.92 Å². The van der Waals surface area contributed by atoms with Crippen LogP contribution in [0.25, 0.3) is 10.9 Å². The molecule has 5 nitrogen and oxygen atoms in total. The van der Waals surface area contributed by atoms with Crippen LogP contribution in [0, 0.1) is 19.8 Å². The van der Waals surface area contributed by atoms with Crippen LogP contribution in [0.3, 0.4) is 0 Å². The summed E-state index contributed by atoms with van der Waals surface area (Å²) in [4.78, 5) is 32.7. The third-order valence-corrected chi connectivity index (χ3v) is 6.10. The summed E-state index contributed by atoms with van der Waals surface area (Å²) in [7, 11) is 0. The van der Waals surface area contributed by atoms with Gasteiger partial charge in [0.1, 0.15) is 0 Å². The number of nitrogens with one attached hydrogen (secondary N) is 1. The van der Waals surface area contributed by atoms with E-state index in [2.05, 4.69) is 18.8 Å². The fraction of sp³-hybridized carbons (Fsp3) is 0.524. The lowest BCUT2D eigenvalue weighted by molar-refractivity contribution is -0.135. The Balaban J connectivity index is 1.43. The second kappa shape index (κ2) is 6.78. The molecule has 0 unspecified atom stereocenters. The van der Waals surface area contributed by atoms with Gasteiger partial charge in [-0.3, -0.25) is 9.59 Å². The highest BCUT2D eigenvalue weighted by Gasteiger charge is 2.31. The maximum Gasteiger partial charge on any atom is 0.253 e. The van der Waals surface area contributed by atoms with Gasteiger partial charge in [-0.25, -0.2) is 0 Å². The molecule has 4 rings (SSSR count). The molecule has 3 heterocycles. The SMILES string of the molecule is Cc1[nH]c2ccc(C(=O)N3CCC(C(=O)N4CCCC4)CC3)cc2c1C. The highest BCUT2D eigenvalue weighted by atomic mass is 16.2. The Morgan fingerprint density at radius 1 is 1.00 bits per heavy atom. The van der Waals surface area contributed by atoms with Gasteiger partial charge in [-0.15, -0.1) is 0 Å². The van der Waals surface area contributed by atoms with Crippen LogP contribution in [0.5, 0.6) is 0 Å². The molecule has 5 heteroatoms. The predicted molar refractivity (Wildman–Crippen MR) is 102 cm³/mol. The van der Waals surface area contributed by atoms with Crippen LogP contribution in [-0.2, 0) is 4.79 Å². The van der Waals surface area contributed by atoms with E-state index in [9.17, 15) is 9.59 Å². The number of fused-ring (bicyclic) bond motifs is 1. The molecule has 0 saturated carbocycles. The van der Waals surface area contributed by atoms with Crippen molar-refractivity contribution in [2.75, 3.05) is 26.2 Å². The van der Waals surface area contributed by atoms with Crippen LogP contribution in [0.4, 0.5) is 0 Å². The van der Waals surface area contributed by atoms with Crippen molar-refractivity contribution in [3.63, 3.8) is 0 Å². The molecule has 2 fully saturated rings. The number of aryl methyl sites for hydroxylation is 2. The molecule has 2 aliphatic rings. The third kappa shape index (κ3) is 3.00. The summed E-state index contributed by atoms with van der Waals surface area (Å²) < 4.78 is 0. The number of nitrogens with zero attached hydrogens (tertiary/aromatic N) is 2. The highest BCUT2D eigenvalue weighted by molar-refractivity contribution is 5.99. The molecule has 26 heavy (non-hydrogen) atoms. The van der Waals surface area contributed by atoms with Crippen LogP contribution in [-0.4, -0.2) is 52.8 Å². The van der Waals surface area contributed by atoms with Gasteiger partial charge in [0.25, 0.3) is 5.91 Å². The summed E-state index contributed by atoms with van der Waals surface area (Å²) in [5.74, 6) is 0.473. The Labute approximate surface area is 154 Å². The number of piperidine rings is 1. The number of carbonyl (C=O) groups excluding carboxylic acids is 2. The van der Waals surface area contributed by atoms with Gasteiger partial charge in [0.05, 0.1) is 0 Å². The molecule has 1 aromatic heterocycles. The van der Waals surface area contributed by atoms with Crippen molar-refractivity contribution in [1.82, 2.24) is 14.8 Å². The van der Waals surface area contributed by atoms with Crippen molar-refractivity contribution >= 4 is 22.7 Å². The summed E-state index contributed by atoms with van der Waals surface area (Å²) >= 11 is 0.